The molecule has 0 fully saturated rings. The van der Waals surface area contributed by atoms with Crippen molar-refractivity contribution < 1.29 is 18.0 Å². The molecule has 8 heteroatoms. The van der Waals surface area contributed by atoms with E-state index in [1.54, 1.807) is 0 Å². The Morgan fingerprint density at radius 1 is 1.50 bits per heavy atom. The van der Waals surface area contributed by atoms with Gasteiger partial charge in [0, 0.05) is 12.7 Å². The molecule has 0 atom stereocenters. The first-order valence-electron chi connectivity index (χ1n) is 5.23. The molecule has 100 valence electrons. The van der Waals surface area contributed by atoms with Crippen LogP contribution in [-0.4, -0.2) is 28.2 Å². The van der Waals surface area contributed by atoms with Crippen LogP contribution in [0.4, 0.5) is 13.2 Å². The number of nitrogens with one attached hydrogen (secondary N) is 1. The molecule has 0 radical (unpaired) electrons. The van der Waals surface area contributed by atoms with Crippen molar-refractivity contribution in [2.45, 2.75) is 24.7 Å². The van der Waals surface area contributed by atoms with Crippen molar-refractivity contribution in [2.75, 3.05) is 12.3 Å². The van der Waals surface area contributed by atoms with Gasteiger partial charge >= 0.3 is 6.18 Å². The summed E-state index contributed by atoms with van der Waals surface area (Å²) in [7, 11) is 0. The van der Waals surface area contributed by atoms with Gasteiger partial charge < -0.3 is 5.32 Å². The number of carbonyl (C=O) groups excluding carboxylic acids is 1. The molecule has 0 bridgehead atoms. The number of nitrogens with zero attached hydrogens (tertiary/aromatic N) is 2. The Bertz CT molecular complexity index is 412. The number of hydrogen-bond donors (Lipinski definition) is 1. The van der Waals surface area contributed by atoms with Crippen LogP contribution in [0.3, 0.4) is 0 Å². The zero-order valence-corrected chi connectivity index (χ0v) is 10.4. The topological polar surface area (TPSA) is 54.9 Å². The van der Waals surface area contributed by atoms with Gasteiger partial charge in [-0.1, -0.05) is 18.7 Å². The van der Waals surface area contributed by atoms with Crippen molar-refractivity contribution in [2.24, 2.45) is 0 Å². The third-order valence-electron chi connectivity index (χ3n) is 1.83. The maximum Gasteiger partial charge on any atom is 0.433 e. The molecule has 0 spiro atoms. The van der Waals surface area contributed by atoms with E-state index in [9.17, 15) is 18.0 Å². The number of alkyl halides is 3. The summed E-state index contributed by atoms with van der Waals surface area (Å²) in [5, 5.41) is 2.55. The Balaban J connectivity index is 2.55. The second-order valence-electron chi connectivity index (χ2n) is 3.36. The standard InChI is InChI=1S/C10H12F3N3OS/c1-2-4-14-8(17)6-18-9-15-5-3-7(16-9)10(11,12)13/h3,5H,2,4,6H2,1H3,(H,14,17). The highest BCUT2D eigenvalue weighted by Crippen LogP contribution is 2.28. The van der Waals surface area contributed by atoms with E-state index in [0.29, 0.717) is 6.54 Å². The highest BCUT2D eigenvalue weighted by atomic mass is 32.2. The number of aromatic nitrogens is 2. The second-order valence-corrected chi connectivity index (χ2v) is 4.30. The average Bonchev–Trinajstić information content (AvgIpc) is 2.33. The molecule has 1 amide bonds. The maximum absolute atomic E-state index is 12.4. The smallest absolute Gasteiger partial charge is 0.355 e. The van der Waals surface area contributed by atoms with Crippen LogP contribution in [0, 0.1) is 0 Å². The summed E-state index contributed by atoms with van der Waals surface area (Å²) in [4.78, 5) is 18.3. The fourth-order valence-electron chi connectivity index (χ4n) is 1.01. The first kappa shape index (κ1) is 14.7. The van der Waals surface area contributed by atoms with E-state index in [4.69, 9.17) is 0 Å². The number of amides is 1. The van der Waals surface area contributed by atoms with E-state index in [2.05, 4.69) is 15.3 Å². The van der Waals surface area contributed by atoms with Crippen molar-refractivity contribution in [3.8, 4) is 0 Å². The van der Waals surface area contributed by atoms with Gasteiger partial charge in [0.25, 0.3) is 0 Å². The number of thioether (sulfide) groups is 1. The number of rotatable bonds is 5. The predicted octanol–water partition coefficient (Wildman–Crippen LogP) is 2.11. The molecule has 0 saturated carbocycles. The van der Waals surface area contributed by atoms with Crippen LogP contribution in [0.25, 0.3) is 0 Å². The summed E-state index contributed by atoms with van der Waals surface area (Å²) in [6.45, 7) is 2.45. The number of hydrogen-bond acceptors (Lipinski definition) is 4. The molecule has 0 aliphatic rings. The third kappa shape index (κ3) is 4.91. The van der Waals surface area contributed by atoms with E-state index in [0.717, 1.165) is 30.4 Å². The first-order chi connectivity index (χ1) is 8.43. The molecule has 1 N–H and O–H groups in total. The van der Waals surface area contributed by atoms with Gasteiger partial charge in [0.15, 0.2) is 5.16 Å². The molecule has 0 unspecified atom stereocenters. The van der Waals surface area contributed by atoms with Crippen molar-refractivity contribution in [3.05, 3.63) is 18.0 Å². The molecule has 4 nitrogen and oxygen atoms in total. The predicted molar refractivity (Wildman–Crippen MR) is 61.1 cm³/mol. The molecule has 1 aromatic rings. The van der Waals surface area contributed by atoms with Crippen molar-refractivity contribution in [1.29, 1.82) is 0 Å². The summed E-state index contributed by atoms with van der Waals surface area (Å²) in [6.07, 6.45) is -2.67. The lowest BCUT2D eigenvalue weighted by Gasteiger charge is -2.06. The van der Waals surface area contributed by atoms with Crippen LogP contribution < -0.4 is 5.32 Å². The van der Waals surface area contributed by atoms with Gasteiger partial charge in [0.05, 0.1) is 5.75 Å². The first-order valence-corrected chi connectivity index (χ1v) is 6.21. The van der Waals surface area contributed by atoms with E-state index in [1.807, 2.05) is 6.92 Å². The molecule has 1 heterocycles. The summed E-state index contributed by atoms with van der Waals surface area (Å²) in [6, 6.07) is 0.793. The van der Waals surface area contributed by atoms with Crippen LogP contribution in [0.1, 0.15) is 19.0 Å². The molecule has 1 rings (SSSR count). The minimum absolute atomic E-state index is 0.00130. The lowest BCUT2D eigenvalue weighted by molar-refractivity contribution is -0.141. The minimum atomic E-state index is -4.50. The molecule has 0 aliphatic carbocycles. The zero-order valence-electron chi connectivity index (χ0n) is 9.62. The Morgan fingerprint density at radius 2 is 2.22 bits per heavy atom. The van der Waals surface area contributed by atoms with Gasteiger partial charge in [-0.3, -0.25) is 4.79 Å². The molecule has 18 heavy (non-hydrogen) atoms. The van der Waals surface area contributed by atoms with Crippen LogP contribution in [0.2, 0.25) is 0 Å². The van der Waals surface area contributed by atoms with E-state index >= 15 is 0 Å². The fraction of sp³-hybridized carbons (Fsp3) is 0.500. The summed E-state index contributed by atoms with van der Waals surface area (Å²) >= 11 is 0.875. The minimum Gasteiger partial charge on any atom is -0.355 e. The Labute approximate surface area is 106 Å². The largest absolute Gasteiger partial charge is 0.433 e. The molecule has 0 aliphatic heterocycles. The summed E-state index contributed by atoms with van der Waals surface area (Å²) in [5.74, 6) is -0.246. The van der Waals surface area contributed by atoms with Crippen molar-refractivity contribution in [3.63, 3.8) is 0 Å². The van der Waals surface area contributed by atoms with Gasteiger partial charge in [-0.2, -0.15) is 13.2 Å². The van der Waals surface area contributed by atoms with Gasteiger partial charge in [-0.15, -0.1) is 0 Å². The fourth-order valence-corrected chi connectivity index (χ4v) is 1.67. The lowest BCUT2D eigenvalue weighted by atomic mass is 10.4. The van der Waals surface area contributed by atoms with Crippen LogP contribution in [0.5, 0.6) is 0 Å². The summed E-state index contributed by atoms with van der Waals surface area (Å²) < 4.78 is 37.1. The molecular formula is C10H12F3N3OS. The molecule has 0 aromatic carbocycles. The highest BCUT2D eigenvalue weighted by Gasteiger charge is 2.32. The average molecular weight is 279 g/mol. The molecule has 1 aromatic heterocycles. The van der Waals surface area contributed by atoms with Crippen molar-refractivity contribution in [1.82, 2.24) is 15.3 Å². The third-order valence-corrected chi connectivity index (χ3v) is 2.69. The normalized spacial score (nSPS) is 11.3. The Hall–Kier alpha value is -1.31. The highest BCUT2D eigenvalue weighted by molar-refractivity contribution is 7.99. The van der Waals surface area contributed by atoms with Gasteiger partial charge in [-0.25, -0.2) is 9.97 Å². The maximum atomic E-state index is 12.4. The van der Waals surface area contributed by atoms with Crippen LogP contribution in [0.15, 0.2) is 17.4 Å². The van der Waals surface area contributed by atoms with Crippen molar-refractivity contribution >= 4 is 17.7 Å². The Morgan fingerprint density at radius 3 is 2.83 bits per heavy atom. The lowest BCUT2D eigenvalue weighted by Crippen LogP contribution is -2.25. The van der Waals surface area contributed by atoms with Gasteiger partial charge in [-0.05, 0) is 12.5 Å². The zero-order chi connectivity index (χ0) is 13.6. The van der Waals surface area contributed by atoms with Gasteiger partial charge in [0.2, 0.25) is 5.91 Å². The number of carbonyl (C=O) groups is 1. The Kier molecular flexibility index (Phi) is 5.39. The van der Waals surface area contributed by atoms with Crippen LogP contribution in [-0.2, 0) is 11.0 Å². The monoisotopic (exact) mass is 279 g/mol. The molecule has 0 saturated heterocycles. The number of halogens is 3. The van der Waals surface area contributed by atoms with Crippen LogP contribution >= 0.6 is 11.8 Å². The second kappa shape index (κ2) is 6.58. The van der Waals surface area contributed by atoms with Gasteiger partial charge in [0.1, 0.15) is 5.69 Å². The SMILES string of the molecule is CCCNC(=O)CSc1nccc(C(F)(F)F)n1. The van der Waals surface area contributed by atoms with E-state index in [-0.39, 0.29) is 16.8 Å². The van der Waals surface area contributed by atoms with E-state index in [1.165, 1.54) is 0 Å². The van der Waals surface area contributed by atoms with E-state index < -0.39 is 11.9 Å². The summed E-state index contributed by atoms with van der Waals surface area (Å²) in [5.41, 5.74) is -1.01. The quantitative estimate of drug-likeness (QED) is 0.662. The molecular weight excluding hydrogens is 267 g/mol.